The number of nitrogens with one attached hydrogen (secondary N) is 1. The first-order valence-corrected chi connectivity index (χ1v) is 10.1. The number of hydrogen-bond acceptors (Lipinski definition) is 6. The van der Waals surface area contributed by atoms with Gasteiger partial charge in [0.05, 0.1) is 11.4 Å². The van der Waals surface area contributed by atoms with Gasteiger partial charge in [0.25, 0.3) is 5.56 Å². The van der Waals surface area contributed by atoms with Crippen molar-refractivity contribution >= 4 is 17.7 Å². The average Bonchev–Trinajstić information content (AvgIpc) is 2.99. The SMILES string of the molecule is Cc1nn2c(C3CCN(C(=O)OC(C)(C)C)CC3)cc(=O)[nH]c2c1C(=O)OCC(F)(F)F. The molecule has 0 spiro atoms. The van der Waals surface area contributed by atoms with Gasteiger partial charge in [0, 0.05) is 25.1 Å². The Morgan fingerprint density at radius 2 is 1.84 bits per heavy atom. The number of alkyl halides is 3. The van der Waals surface area contributed by atoms with Crippen molar-refractivity contribution in [3.63, 3.8) is 0 Å². The number of hydrogen-bond donors (Lipinski definition) is 1. The lowest BCUT2D eigenvalue weighted by molar-refractivity contribution is -0.161. The Balaban J connectivity index is 1.84. The third-order valence-electron chi connectivity index (χ3n) is 4.96. The number of aromatic amines is 1. The highest BCUT2D eigenvalue weighted by atomic mass is 19.4. The number of piperidine rings is 1. The fraction of sp³-hybridized carbons (Fsp3) is 0.600. The summed E-state index contributed by atoms with van der Waals surface area (Å²) in [6, 6.07) is 1.35. The topological polar surface area (TPSA) is 106 Å². The minimum atomic E-state index is -4.67. The van der Waals surface area contributed by atoms with Gasteiger partial charge in [0.15, 0.2) is 12.3 Å². The van der Waals surface area contributed by atoms with Crippen LogP contribution in [0.25, 0.3) is 5.65 Å². The zero-order valence-corrected chi connectivity index (χ0v) is 18.2. The molecular formula is C20H25F3N4O5. The maximum atomic E-state index is 12.4. The number of likely N-dealkylation sites (tertiary alicyclic amines) is 1. The first-order chi connectivity index (χ1) is 14.7. The molecule has 9 nitrogen and oxygen atoms in total. The molecule has 0 aliphatic carbocycles. The van der Waals surface area contributed by atoms with Gasteiger partial charge in [-0.2, -0.15) is 18.3 Å². The number of H-pyrrole nitrogens is 1. The fourth-order valence-electron chi connectivity index (χ4n) is 3.62. The third-order valence-corrected chi connectivity index (χ3v) is 4.96. The lowest BCUT2D eigenvalue weighted by atomic mass is 9.93. The normalized spacial score (nSPS) is 15.8. The molecule has 2 aromatic rings. The smallest absolute Gasteiger partial charge is 0.422 e. The number of fused-ring (bicyclic) bond motifs is 1. The number of rotatable bonds is 3. The van der Waals surface area contributed by atoms with E-state index in [0.29, 0.717) is 31.6 Å². The summed E-state index contributed by atoms with van der Waals surface area (Å²) in [6.45, 7) is 5.84. The molecular weight excluding hydrogens is 433 g/mol. The predicted molar refractivity (Wildman–Crippen MR) is 107 cm³/mol. The van der Waals surface area contributed by atoms with E-state index < -0.39 is 36.0 Å². The average molecular weight is 458 g/mol. The number of aryl methyl sites for hydroxylation is 1. The van der Waals surface area contributed by atoms with Crippen LogP contribution in [0, 0.1) is 6.92 Å². The van der Waals surface area contributed by atoms with Crippen molar-refractivity contribution in [3.05, 3.63) is 33.4 Å². The Hall–Kier alpha value is -3.05. The highest BCUT2D eigenvalue weighted by Gasteiger charge is 2.33. The summed E-state index contributed by atoms with van der Waals surface area (Å²) in [5.41, 5.74) is -0.744. The van der Waals surface area contributed by atoms with E-state index >= 15 is 0 Å². The molecule has 1 saturated heterocycles. The van der Waals surface area contributed by atoms with Gasteiger partial charge in [-0.25, -0.2) is 14.1 Å². The highest BCUT2D eigenvalue weighted by Crippen LogP contribution is 2.29. The number of amides is 1. The Labute approximate surface area is 181 Å². The Morgan fingerprint density at radius 1 is 1.22 bits per heavy atom. The maximum Gasteiger partial charge on any atom is 0.422 e. The van der Waals surface area contributed by atoms with Crippen LogP contribution in [0.15, 0.2) is 10.9 Å². The molecule has 1 fully saturated rings. The Bertz CT molecular complexity index is 1080. The summed E-state index contributed by atoms with van der Waals surface area (Å²) in [4.78, 5) is 40.9. The predicted octanol–water partition coefficient (Wildman–Crippen LogP) is 3.16. The van der Waals surface area contributed by atoms with Crippen LogP contribution in [0.1, 0.15) is 61.3 Å². The fourth-order valence-corrected chi connectivity index (χ4v) is 3.62. The largest absolute Gasteiger partial charge is 0.452 e. The third kappa shape index (κ3) is 5.40. The van der Waals surface area contributed by atoms with Gasteiger partial charge in [-0.1, -0.05) is 0 Å². The van der Waals surface area contributed by atoms with Gasteiger partial charge in [0.1, 0.15) is 11.2 Å². The molecule has 0 atom stereocenters. The van der Waals surface area contributed by atoms with Crippen LogP contribution in [-0.4, -0.2) is 63.0 Å². The van der Waals surface area contributed by atoms with E-state index in [0.717, 1.165) is 0 Å². The number of carbonyl (C=O) groups excluding carboxylic acids is 2. The molecule has 1 aliphatic heterocycles. The molecule has 0 saturated carbocycles. The number of ether oxygens (including phenoxy) is 2. The van der Waals surface area contributed by atoms with Crippen molar-refractivity contribution in [3.8, 4) is 0 Å². The lowest BCUT2D eigenvalue weighted by Crippen LogP contribution is -2.41. The first kappa shape index (κ1) is 23.6. The maximum absolute atomic E-state index is 12.4. The molecule has 32 heavy (non-hydrogen) atoms. The van der Waals surface area contributed by atoms with Crippen LogP contribution in [0.4, 0.5) is 18.0 Å². The van der Waals surface area contributed by atoms with Gasteiger partial charge in [-0.05, 0) is 40.5 Å². The van der Waals surface area contributed by atoms with E-state index in [1.165, 1.54) is 17.5 Å². The highest BCUT2D eigenvalue weighted by molar-refractivity contribution is 5.97. The molecule has 0 radical (unpaired) electrons. The number of halogens is 3. The van der Waals surface area contributed by atoms with E-state index in [-0.39, 0.29) is 22.8 Å². The van der Waals surface area contributed by atoms with Crippen LogP contribution in [0.3, 0.4) is 0 Å². The van der Waals surface area contributed by atoms with Crippen molar-refractivity contribution < 1.29 is 32.2 Å². The summed E-state index contributed by atoms with van der Waals surface area (Å²) in [7, 11) is 0. The number of carbonyl (C=O) groups is 2. The number of esters is 1. The van der Waals surface area contributed by atoms with Crippen molar-refractivity contribution in [2.24, 2.45) is 0 Å². The molecule has 0 unspecified atom stereocenters. The zero-order chi connectivity index (χ0) is 23.8. The van der Waals surface area contributed by atoms with Gasteiger partial charge in [0.2, 0.25) is 0 Å². The zero-order valence-electron chi connectivity index (χ0n) is 18.2. The van der Waals surface area contributed by atoms with Crippen molar-refractivity contribution in [1.82, 2.24) is 19.5 Å². The van der Waals surface area contributed by atoms with Crippen LogP contribution >= 0.6 is 0 Å². The van der Waals surface area contributed by atoms with Crippen molar-refractivity contribution in [1.29, 1.82) is 0 Å². The molecule has 176 valence electrons. The summed E-state index contributed by atoms with van der Waals surface area (Å²) in [5, 5.41) is 4.26. The van der Waals surface area contributed by atoms with E-state index in [1.54, 1.807) is 25.7 Å². The quantitative estimate of drug-likeness (QED) is 0.709. The van der Waals surface area contributed by atoms with E-state index in [9.17, 15) is 27.6 Å². The van der Waals surface area contributed by atoms with E-state index in [4.69, 9.17) is 4.74 Å². The van der Waals surface area contributed by atoms with E-state index in [2.05, 4.69) is 14.8 Å². The lowest BCUT2D eigenvalue weighted by Gasteiger charge is -2.33. The van der Waals surface area contributed by atoms with Crippen molar-refractivity contribution in [2.45, 2.75) is 58.2 Å². The molecule has 1 amide bonds. The molecule has 1 N–H and O–H groups in total. The summed E-state index contributed by atoms with van der Waals surface area (Å²) < 4.78 is 48.4. The van der Waals surface area contributed by atoms with Crippen LogP contribution < -0.4 is 5.56 Å². The molecule has 3 heterocycles. The molecule has 2 aromatic heterocycles. The summed E-state index contributed by atoms with van der Waals surface area (Å²) in [6.07, 6.45) is -4.06. The van der Waals surface area contributed by atoms with Gasteiger partial charge in [-0.3, -0.25) is 4.79 Å². The Kier molecular flexibility index (Phi) is 6.25. The molecule has 1 aliphatic rings. The second kappa shape index (κ2) is 8.47. The van der Waals surface area contributed by atoms with Gasteiger partial charge < -0.3 is 19.4 Å². The van der Waals surface area contributed by atoms with Gasteiger partial charge in [-0.15, -0.1) is 0 Å². The van der Waals surface area contributed by atoms with Crippen LogP contribution in [0.2, 0.25) is 0 Å². The molecule has 12 heteroatoms. The molecule has 3 rings (SSSR count). The van der Waals surface area contributed by atoms with Crippen molar-refractivity contribution in [2.75, 3.05) is 19.7 Å². The summed E-state index contributed by atoms with van der Waals surface area (Å²) in [5.74, 6) is -1.38. The second-order valence-electron chi connectivity index (χ2n) is 8.71. The standard InChI is InChI=1S/C20H25F3N4O5/c1-11-15(17(29)31-10-20(21,22)23)16-24-14(28)9-13(27(16)25-11)12-5-7-26(8-6-12)18(30)32-19(2,3)4/h9,12H,5-8,10H2,1-4H3,(H,24,28). The van der Waals surface area contributed by atoms with Crippen LogP contribution in [-0.2, 0) is 9.47 Å². The number of nitrogens with zero attached hydrogens (tertiary/aromatic N) is 3. The van der Waals surface area contributed by atoms with Gasteiger partial charge >= 0.3 is 18.2 Å². The number of aromatic nitrogens is 3. The minimum Gasteiger partial charge on any atom is -0.452 e. The second-order valence-corrected chi connectivity index (χ2v) is 8.71. The summed E-state index contributed by atoms with van der Waals surface area (Å²) >= 11 is 0. The van der Waals surface area contributed by atoms with Crippen LogP contribution in [0.5, 0.6) is 0 Å². The van der Waals surface area contributed by atoms with E-state index in [1.807, 2.05) is 0 Å². The Morgan fingerprint density at radius 3 is 2.41 bits per heavy atom. The molecule has 0 bridgehead atoms. The monoisotopic (exact) mass is 458 g/mol. The molecule has 0 aromatic carbocycles. The first-order valence-electron chi connectivity index (χ1n) is 10.1. The minimum absolute atomic E-state index is 0.0215.